The maximum absolute atomic E-state index is 9.48. The van der Waals surface area contributed by atoms with Crippen LogP contribution in [-0.2, 0) is 0 Å². The Morgan fingerprint density at radius 1 is 1.54 bits per heavy atom. The number of nitrogens with one attached hydrogen (secondary N) is 1. The predicted molar refractivity (Wildman–Crippen MR) is 50.2 cm³/mol. The molecule has 1 fully saturated rings. The molecule has 0 radical (unpaired) electrons. The van der Waals surface area contributed by atoms with Crippen molar-refractivity contribution in [2.45, 2.75) is 25.0 Å². The Balaban J connectivity index is 2.08. The predicted octanol–water partition coefficient (Wildman–Crippen LogP) is 0.867. The van der Waals surface area contributed by atoms with Crippen LogP contribution in [0.4, 0.5) is 0 Å². The molecule has 2 heterocycles. The first-order valence-electron chi connectivity index (χ1n) is 4.67. The van der Waals surface area contributed by atoms with E-state index in [1.54, 1.807) is 6.20 Å². The van der Waals surface area contributed by atoms with Gasteiger partial charge in [-0.15, -0.1) is 0 Å². The summed E-state index contributed by atoms with van der Waals surface area (Å²) in [7, 11) is 0. The van der Waals surface area contributed by atoms with Gasteiger partial charge in [0.05, 0.1) is 6.10 Å². The summed E-state index contributed by atoms with van der Waals surface area (Å²) in [6.45, 7) is 0.890. The summed E-state index contributed by atoms with van der Waals surface area (Å²) in [5, 5.41) is 12.8. The van der Waals surface area contributed by atoms with Gasteiger partial charge in [-0.05, 0) is 31.0 Å². The first kappa shape index (κ1) is 8.66. The minimum absolute atomic E-state index is 0.161. The summed E-state index contributed by atoms with van der Waals surface area (Å²) in [6.07, 6.45) is 5.12. The zero-order chi connectivity index (χ0) is 9.10. The van der Waals surface area contributed by atoms with Gasteiger partial charge < -0.3 is 10.4 Å². The van der Waals surface area contributed by atoms with E-state index < -0.39 is 0 Å². The molecular weight excluding hydrogens is 164 g/mol. The number of aliphatic hydroxyl groups is 1. The van der Waals surface area contributed by atoms with Gasteiger partial charge in [0.25, 0.3) is 0 Å². The molecule has 0 spiro atoms. The van der Waals surface area contributed by atoms with Crippen LogP contribution in [0.5, 0.6) is 0 Å². The molecule has 3 nitrogen and oxygen atoms in total. The molecular formula is C10H14N2O. The van der Waals surface area contributed by atoms with Gasteiger partial charge in [0, 0.05) is 18.4 Å². The Hall–Kier alpha value is -0.930. The molecule has 0 aromatic carbocycles. The number of piperidine rings is 1. The van der Waals surface area contributed by atoms with E-state index >= 15 is 0 Å². The van der Waals surface area contributed by atoms with Crippen LogP contribution in [0.25, 0.3) is 0 Å². The fourth-order valence-electron chi connectivity index (χ4n) is 1.73. The Morgan fingerprint density at radius 3 is 3.15 bits per heavy atom. The third-order valence-electron chi connectivity index (χ3n) is 2.46. The summed E-state index contributed by atoms with van der Waals surface area (Å²) in [5.41, 5.74) is 1.17. The zero-order valence-corrected chi connectivity index (χ0v) is 7.48. The number of hydrogen-bond acceptors (Lipinski definition) is 3. The molecule has 0 saturated carbocycles. The van der Waals surface area contributed by atoms with Crippen molar-refractivity contribution in [3.8, 4) is 0 Å². The van der Waals surface area contributed by atoms with Crippen molar-refractivity contribution in [3.05, 3.63) is 30.1 Å². The number of rotatable bonds is 1. The lowest BCUT2D eigenvalue weighted by Crippen LogP contribution is -2.34. The number of nitrogens with zero attached hydrogens (tertiary/aromatic N) is 1. The van der Waals surface area contributed by atoms with Crippen LogP contribution in [-0.4, -0.2) is 22.7 Å². The van der Waals surface area contributed by atoms with Gasteiger partial charge in [-0.25, -0.2) is 0 Å². The van der Waals surface area contributed by atoms with E-state index in [2.05, 4.69) is 10.3 Å². The van der Waals surface area contributed by atoms with Gasteiger partial charge in [0.15, 0.2) is 0 Å². The van der Waals surface area contributed by atoms with E-state index in [-0.39, 0.29) is 12.1 Å². The molecule has 2 N–H and O–H groups in total. The summed E-state index contributed by atoms with van der Waals surface area (Å²) < 4.78 is 0. The number of pyridine rings is 1. The molecule has 0 aliphatic carbocycles. The molecule has 1 aliphatic heterocycles. The molecule has 1 saturated heterocycles. The standard InChI is InChI=1S/C10H14N2O/c13-9-3-5-12-10(6-9)8-2-1-4-11-7-8/h1-2,4,7,9-10,12-13H,3,5-6H2/t9?,10-/m0/s1. The minimum Gasteiger partial charge on any atom is -0.393 e. The first-order chi connectivity index (χ1) is 6.36. The van der Waals surface area contributed by atoms with E-state index in [9.17, 15) is 5.11 Å². The molecule has 1 unspecified atom stereocenters. The molecule has 1 aromatic heterocycles. The fraction of sp³-hybridized carbons (Fsp3) is 0.500. The lowest BCUT2D eigenvalue weighted by molar-refractivity contribution is 0.116. The highest BCUT2D eigenvalue weighted by Gasteiger charge is 2.20. The number of aliphatic hydroxyl groups excluding tert-OH is 1. The monoisotopic (exact) mass is 178 g/mol. The van der Waals surface area contributed by atoms with E-state index in [0.29, 0.717) is 0 Å². The molecule has 1 aliphatic rings. The summed E-state index contributed by atoms with van der Waals surface area (Å²) >= 11 is 0. The lowest BCUT2D eigenvalue weighted by Gasteiger charge is -2.27. The minimum atomic E-state index is -0.161. The highest BCUT2D eigenvalue weighted by Crippen LogP contribution is 2.21. The van der Waals surface area contributed by atoms with Crippen molar-refractivity contribution in [2.24, 2.45) is 0 Å². The van der Waals surface area contributed by atoms with Crippen molar-refractivity contribution in [1.82, 2.24) is 10.3 Å². The van der Waals surface area contributed by atoms with Crippen LogP contribution in [0, 0.1) is 0 Å². The van der Waals surface area contributed by atoms with E-state index in [1.165, 1.54) is 5.56 Å². The molecule has 0 bridgehead atoms. The second-order valence-electron chi connectivity index (χ2n) is 3.47. The number of aromatic nitrogens is 1. The summed E-state index contributed by atoms with van der Waals surface area (Å²) in [5.74, 6) is 0. The lowest BCUT2D eigenvalue weighted by atomic mass is 9.97. The average molecular weight is 178 g/mol. The summed E-state index contributed by atoms with van der Waals surface area (Å²) in [6, 6.07) is 4.25. The molecule has 3 heteroatoms. The molecule has 1 aromatic rings. The van der Waals surface area contributed by atoms with Crippen LogP contribution < -0.4 is 5.32 Å². The zero-order valence-electron chi connectivity index (χ0n) is 7.48. The first-order valence-corrected chi connectivity index (χ1v) is 4.67. The average Bonchev–Trinajstić information content (AvgIpc) is 2.19. The number of hydrogen-bond donors (Lipinski definition) is 2. The van der Waals surface area contributed by atoms with Crippen molar-refractivity contribution >= 4 is 0 Å². The van der Waals surface area contributed by atoms with Gasteiger partial charge in [0.2, 0.25) is 0 Å². The van der Waals surface area contributed by atoms with E-state index in [4.69, 9.17) is 0 Å². The van der Waals surface area contributed by atoms with Gasteiger partial charge in [0.1, 0.15) is 0 Å². The van der Waals surface area contributed by atoms with Crippen LogP contribution in [0.3, 0.4) is 0 Å². The van der Waals surface area contributed by atoms with Gasteiger partial charge in [-0.2, -0.15) is 0 Å². The van der Waals surface area contributed by atoms with Crippen molar-refractivity contribution < 1.29 is 5.11 Å². The van der Waals surface area contributed by atoms with E-state index in [0.717, 1.165) is 19.4 Å². The van der Waals surface area contributed by atoms with Crippen LogP contribution >= 0.6 is 0 Å². The highest BCUT2D eigenvalue weighted by atomic mass is 16.3. The normalized spacial score (nSPS) is 28.7. The van der Waals surface area contributed by atoms with Crippen molar-refractivity contribution in [3.63, 3.8) is 0 Å². The largest absolute Gasteiger partial charge is 0.393 e. The Bertz CT molecular complexity index is 263. The second kappa shape index (κ2) is 3.85. The van der Waals surface area contributed by atoms with Crippen LogP contribution in [0.2, 0.25) is 0 Å². The quantitative estimate of drug-likeness (QED) is 0.670. The Kier molecular flexibility index (Phi) is 2.57. The van der Waals surface area contributed by atoms with Crippen LogP contribution in [0.15, 0.2) is 24.5 Å². The molecule has 70 valence electrons. The molecule has 2 rings (SSSR count). The van der Waals surface area contributed by atoms with Crippen LogP contribution in [0.1, 0.15) is 24.4 Å². The van der Waals surface area contributed by atoms with Gasteiger partial charge in [-0.3, -0.25) is 4.98 Å². The Labute approximate surface area is 77.8 Å². The smallest absolute Gasteiger partial charge is 0.0570 e. The summed E-state index contributed by atoms with van der Waals surface area (Å²) in [4.78, 5) is 4.06. The maximum atomic E-state index is 9.48. The molecule has 0 amide bonds. The highest BCUT2D eigenvalue weighted by molar-refractivity contribution is 5.14. The third-order valence-corrected chi connectivity index (χ3v) is 2.46. The van der Waals surface area contributed by atoms with Crippen molar-refractivity contribution in [1.29, 1.82) is 0 Å². The van der Waals surface area contributed by atoms with Gasteiger partial charge in [-0.1, -0.05) is 6.07 Å². The van der Waals surface area contributed by atoms with Gasteiger partial charge >= 0.3 is 0 Å². The fourth-order valence-corrected chi connectivity index (χ4v) is 1.73. The topological polar surface area (TPSA) is 45.1 Å². The molecule has 2 atom stereocenters. The maximum Gasteiger partial charge on any atom is 0.0570 e. The van der Waals surface area contributed by atoms with Crippen molar-refractivity contribution in [2.75, 3.05) is 6.54 Å². The van der Waals surface area contributed by atoms with E-state index in [1.807, 2.05) is 18.3 Å². The third kappa shape index (κ3) is 2.05. The SMILES string of the molecule is OC1CCN[C@H](c2cccnc2)C1. The second-order valence-corrected chi connectivity index (χ2v) is 3.47. The Morgan fingerprint density at radius 2 is 2.46 bits per heavy atom. The molecule has 13 heavy (non-hydrogen) atoms.